The van der Waals surface area contributed by atoms with Crippen LogP contribution in [0, 0.1) is 0 Å². The third kappa shape index (κ3) is 4.91. The molecule has 1 aliphatic heterocycles. The number of hydrogen-bond acceptors (Lipinski definition) is 6. The molecule has 27 heavy (non-hydrogen) atoms. The van der Waals surface area contributed by atoms with Crippen LogP contribution in [0.15, 0.2) is 53.6 Å². The molecule has 2 aromatic carbocycles. The number of para-hydroxylation sites is 3. The molecule has 3 rings (SSSR count). The maximum Gasteiger partial charge on any atom is 0.341 e. The van der Waals surface area contributed by atoms with Crippen molar-refractivity contribution in [2.75, 3.05) is 44.8 Å². The van der Waals surface area contributed by atoms with Gasteiger partial charge in [0.05, 0.1) is 32.1 Å². The monoisotopic (exact) mass is 369 g/mol. The highest BCUT2D eigenvalue weighted by Gasteiger charge is 2.18. The Bertz CT molecular complexity index is 801. The fraction of sp³-hybridized carbons (Fsp3) is 0.300. The summed E-state index contributed by atoms with van der Waals surface area (Å²) in [5.74, 6) is 0.379. The molecule has 0 unspecified atom stereocenters. The van der Waals surface area contributed by atoms with Crippen molar-refractivity contribution in [1.82, 2.24) is 5.01 Å². The van der Waals surface area contributed by atoms with E-state index in [-0.39, 0.29) is 6.61 Å². The quantitative estimate of drug-likeness (QED) is 0.755. The number of aliphatic carboxylic acids is 1. The van der Waals surface area contributed by atoms with Crippen LogP contribution in [0.3, 0.4) is 0 Å². The predicted molar refractivity (Wildman–Crippen MR) is 104 cm³/mol. The third-order valence-corrected chi connectivity index (χ3v) is 4.31. The fourth-order valence-electron chi connectivity index (χ4n) is 2.95. The number of carboxylic acids is 1. The summed E-state index contributed by atoms with van der Waals surface area (Å²) in [6, 6.07) is 15.3. The number of carboxylic acid groups (broad SMARTS) is 1. The predicted octanol–water partition coefficient (Wildman–Crippen LogP) is 2.31. The number of hydrogen-bond donors (Lipinski definition) is 1. The van der Waals surface area contributed by atoms with Crippen molar-refractivity contribution in [2.45, 2.75) is 0 Å². The van der Waals surface area contributed by atoms with E-state index in [1.807, 2.05) is 35.3 Å². The maximum atomic E-state index is 10.7. The maximum absolute atomic E-state index is 10.7. The van der Waals surface area contributed by atoms with Crippen molar-refractivity contribution in [3.63, 3.8) is 0 Å². The number of methoxy groups -OCH3 is 1. The summed E-state index contributed by atoms with van der Waals surface area (Å²) in [7, 11) is 1.68. The van der Waals surface area contributed by atoms with E-state index in [0.717, 1.165) is 43.2 Å². The zero-order valence-electron chi connectivity index (χ0n) is 15.2. The van der Waals surface area contributed by atoms with Gasteiger partial charge in [-0.2, -0.15) is 5.10 Å². The first-order chi connectivity index (χ1) is 13.2. The minimum absolute atomic E-state index is 0.373. The molecule has 7 heteroatoms. The van der Waals surface area contributed by atoms with E-state index in [1.165, 1.54) is 0 Å². The highest BCUT2D eigenvalue weighted by atomic mass is 16.5. The van der Waals surface area contributed by atoms with Crippen molar-refractivity contribution in [3.05, 3.63) is 54.1 Å². The van der Waals surface area contributed by atoms with Gasteiger partial charge < -0.3 is 19.5 Å². The highest BCUT2D eigenvalue weighted by molar-refractivity contribution is 5.83. The van der Waals surface area contributed by atoms with Crippen molar-refractivity contribution in [3.8, 4) is 11.5 Å². The number of benzene rings is 2. The Morgan fingerprint density at radius 2 is 1.74 bits per heavy atom. The second kappa shape index (κ2) is 8.93. The standard InChI is InChI=1S/C20H23N3O4/c1-26-19-9-5-3-7-17(19)22-10-12-23(13-11-22)21-14-16-6-2-4-8-18(16)27-15-20(24)25/h2-9,14H,10-13,15H2,1H3,(H,24,25)/b21-14+. The first kappa shape index (κ1) is 18.6. The van der Waals surface area contributed by atoms with Gasteiger partial charge in [0.25, 0.3) is 0 Å². The molecule has 1 heterocycles. The van der Waals surface area contributed by atoms with Crippen LogP contribution in [0.5, 0.6) is 11.5 Å². The lowest BCUT2D eigenvalue weighted by atomic mass is 10.2. The first-order valence-electron chi connectivity index (χ1n) is 8.78. The molecular weight excluding hydrogens is 346 g/mol. The lowest BCUT2D eigenvalue weighted by Gasteiger charge is -2.35. The van der Waals surface area contributed by atoms with Gasteiger partial charge in [-0.15, -0.1) is 0 Å². The summed E-state index contributed by atoms with van der Waals surface area (Å²) in [4.78, 5) is 13.0. The van der Waals surface area contributed by atoms with Crippen LogP contribution in [-0.2, 0) is 4.79 Å². The van der Waals surface area contributed by atoms with Crippen LogP contribution in [0.4, 0.5) is 5.69 Å². The lowest BCUT2D eigenvalue weighted by molar-refractivity contribution is -0.139. The molecular formula is C20H23N3O4. The lowest BCUT2D eigenvalue weighted by Crippen LogP contribution is -2.44. The Morgan fingerprint density at radius 3 is 2.44 bits per heavy atom. The minimum atomic E-state index is -1.01. The molecule has 1 fully saturated rings. The Labute approximate surface area is 158 Å². The molecule has 1 N–H and O–H groups in total. The molecule has 7 nitrogen and oxygen atoms in total. The Hall–Kier alpha value is -3.22. The topological polar surface area (TPSA) is 74.6 Å². The van der Waals surface area contributed by atoms with Crippen LogP contribution < -0.4 is 14.4 Å². The van der Waals surface area contributed by atoms with E-state index in [1.54, 1.807) is 25.5 Å². The van der Waals surface area contributed by atoms with Gasteiger partial charge in [0.1, 0.15) is 11.5 Å². The summed E-state index contributed by atoms with van der Waals surface area (Å²) < 4.78 is 10.8. The summed E-state index contributed by atoms with van der Waals surface area (Å²) in [5, 5.41) is 15.3. The van der Waals surface area contributed by atoms with E-state index < -0.39 is 5.97 Å². The molecule has 0 saturated carbocycles. The molecule has 0 aliphatic carbocycles. The van der Waals surface area contributed by atoms with Gasteiger partial charge in [0.15, 0.2) is 6.61 Å². The SMILES string of the molecule is COc1ccccc1N1CCN(/N=C/c2ccccc2OCC(=O)O)CC1. The molecule has 142 valence electrons. The Balaban J connectivity index is 1.60. The second-order valence-electron chi connectivity index (χ2n) is 6.08. The van der Waals surface area contributed by atoms with Gasteiger partial charge in [-0.3, -0.25) is 5.01 Å². The van der Waals surface area contributed by atoms with Gasteiger partial charge in [-0.25, -0.2) is 4.79 Å². The minimum Gasteiger partial charge on any atom is -0.495 e. The number of rotatable bonds is 7. The average molecular weight is 369 g/mol. The van der Waals surface area contributed by atoms with Crippen LogP contribution in [0.2, 0.25) is 0 Å². The van der Waals surface area contributed by atoms with Crippen molar-refractivity contribution >= 4 is 17.9 Å². The van der Waals surface area contributed by atoms with Crippen molar-refractivity contribution in [1.29, 1.82) is 0 Å². The summed E-state index contributed by atoms with van der Waals surface area (Å²) in [5.41, 5.74) is 1.85. The van der Waals surface area contributed by atoms with Gasteiger partial charge in [0.2, 0.25) is 0 Å². The van der Waals surface area contributed by atoms with Crippen molar-refractivity contribution < 1.29 is 19.4 Å². The van der Waals surface area contributed by atoms with Gasteiger partial charge in [-0.05, 0) is 24.3 Å². The zero-order valence-corrected chi connectivity index (χ0v) is 15.2. The summed E-state index contributed by atoms with van der Waals surface area (Å²) in [6.45, 7) is 2.88. The van der Waals surface area contributed by atoms with Crippen LogP contribution in [-0.4, -0.2) is 62.2 Å². The summed E-state index contributed by atoms with van der Waals surface area (Å²) >= 11 is 0. The fourth-order valence-corrected chi connectivity index (χ4v) is 2.95. The van der Waals surface area contributed by atoms with Crippen molar-refractivity contribution in [2.24, 2.45) is 5.10 Å². The molecule has 0 spiro atoms. The largest absolute Gasteiger partial charge is 0.495 e. The number of nitrogens with zero attached hydrogens (tertiary/aromatic N) is 3. The Morgan fingerprint density at radius 1 is 1.07 bits per heavy atom. The zero-order chi connectivity index (χ0) is 19.1. The molecule has 0 aromatic heterocycles. The van der Waals surface area contributed by atoms with Crippen LogP contribution >= 0.6 is 0 Å². The summed E-state index contributed by atoms with van der Waals surface area (Å²) in [6.07, 6.45) is 1.72. The second-order valence-corrected chi connectivity index (χ2v) is 6.08. The van der Waals surface area contributed by atoms with Gasteiger partial charge >= 0.3 is 5.97 Å². The van der Waals surface area contributed by atoms with Crippen LogP contribution in [0.1, 0.15) is 5.56 Å². The number of carbonyl (C=O) groups is 1. The van der Waals surface area contributed by atoms with E-state index >= 15 is 0 Å². The first-order valence-corrected chi connectivity index (χ1v) is 8.78. The van der Waals surface area contributed by atoms with Gasteiger partial charge in [0, 0.05) is 18.7 Å². The molecule has 0 radical (unpaired) electrons. The Kier molecular flexibility index (Phi) is 6.14. The number of hydrazone groups is 1. The van der Waals surface area contributed by atoms with E-state index in [0.29, 0.717) is 5.75 Å². The number of anilines is 1. The number of piperazine rings is 1. The van der Waals surface area contributed by atoms with E-state index in [2.05, 4.69) is 16.1 Å². The van der Waals surface area contributed by atoms with E-state index in [9.17, 15) is 4.79 Å². The van der Waals surface area contributed by atoms with E-state index in [4.69, 9.17) is 14.6 Å². The normalized spacial score (nSPS) is 14.4. The third-order valence-electron chi connectivity index (χ3n) is 4.31. The average Bonchev–Trinajstić information content (AvgIpc) is 2.71. The molecule has 2 aromatic rings. The molecule has 0 amide bonds. The van der Waals surface area contributed by atoms with Gasteiger partial charge in [-0.1, -0.05) is 24.3 Å². The van der Waals surface area contributed by atoms with Crippen LogP contribution in [0.25, 0.3) is 0 Å². The number of ether oxygens (including phenoxy) is 2. The molecule has 1 aliphatic rings. The molecule has 1 saturated heterocycles. The highest BCUT2D eigenvalue weighted by Crippen LogP contribution is 2.28. The molecule has 0 bridgehead atoms. The molecule has 0 atom stereocenters. The smallest absolute Gasteiger partial charge is 0.341 e.